The van der Waals surface area contributed by atoms with Gasteiger partial charge in [-0.05, 0) is 57.8 Å². The zero-order valence-corrected chi connectivity index (χ0v) is 15.7. The lowest BCUT2D eigenvalue weighted by Gasteiger charge is -2.32. The Labute approximate surface area is 146 Å². The van der Waals surface area contributed by atoms with E-state index < -0.39 is 0 Å². The van der Waals surface area contributed by atoms with Crippen LogP contribution in [0.4, 0.5) is 0 Å². The first kappa shape index (κ1) is 18.8. The van der Waals surface area contributed by atoms with Crippen LogP contribution >= 0.6 is 0 Å². The molecule has 2 rings (SSSR count). The molecule has 1 fully saturated rings. The second-order valence-electron chi connectivity index (χ2n) is 7.05. The highest BCUT2D eigenvalue weighted by molar-refractivity contribution is 5.75. The van der Waals surface area contributed by atoms with E-state index in [4.69, 9.17) is 4.74 Å². The number of carbonyl (C=O) groups excluding carboxylic acids is 1. The van der Waals surface area contributed by atoms with Gasteiger partial charge in [-0.2, -0.15) is 0 Å². The molecular weight excluding hydrogens is 300 g/mol. The van der Waals surface area contributed by atoms with Gasteiger partial charge in [0.15, 0.2) is 0 Å². The van der Waals surface area contributed by atoms with Gasteiger partial charge in [-0.25, -0.2) is 0 Å². The molecule has 1 saturated heterocycles. The van der Waals surface area contributed by atoms with Gasteiger partial charge in [-0.1, -0.05) is 24.6 Å². The predicted octanol–water partition coefficient (Wildman–Crippen LogP) is 3.41. The molecule has 1 unspecified atom stereocenters. The summed E-state index contributed by atoms with van der Waals surface area (Å²) in [6.07, 6.45) is 5.41. The maximum atomic E-state index is 12.3. The summed E-state index contributed by atoms with van der Waals surface area (Å²) in [5.41, 5.74) is 2.29. The number of hydrogen-bond acceptors (Lipinski definition) is 3. The standard InChI is InChI=1S/C20H32N2O2/c1-16-8-7-9-17(2)20(16)24-15-14-22(4)19(23)12-11-18-10-5-6-13-21(18)3/h7-9,18H,5-6,10-15H2,1-4H3. The summed E-state index contributed by atoms with van der Waals surface area (Å²) in [4.78, 5) is 16.5. The van der Waals surface area contributed by atoms with Gasteiger partial charge in [-0.15, -0.1) is 0 Å². The van der Waals surface area contributed by atoms with Gasteiger partial charge >= 0.3 is 0 Å². The summed E-state index contributed by atoms with van der Waals surface area (Å²) in [5.74, 6) is 1.17. The topological polar surface area (TPSA) is 32.8 Å². The van der Waals surface area contributed by atoms with Crippen molar-refractivity contribution in [1.82, 2.24) is 9.80 Å². The van der Waals surface area contributed by atoms with E-state index in [1.54, 1.807) is 4.90 Å². The van der Waals surface area contributed by atoms with Crippen molar-refractivity contribution < 1.29 is 9.53 Å². The van der Waals surface area contributed by atoms with E-state index in [0.29, 0.717) is 25.6 Å². The maximum absolute atomic E-state index is 12.3. The minimum absolute atomic E-state index is 0.221. The van der Waals surface area contributed by atoms with E-state index in [1.165, 1.54) is 19.3 Å². The van der Waals surface area contributed by atoms with Crippen LogP contribution in [0.25, 0.3) is 0 Å². The fourth-order valence-electron chi connectivity index (χ4n) is 3.43. The number of benzene rings is 1. The molecule has 0 bridgehead atoms. The van der Waals surface area contributed by atoms with Crippen molar-refractivity contribution >= 4 is 5.91 Å². The fourth-order valence-corrected chi connectivity index (χ4v) is 3.43. The Morgan fingerprint density at radius 3 is 2.67 bits per heavy atom. The van der Waals surface area contributed by atoms with Gasteiger partial charge in [0.2, 0.25) is 5.91 Å². The van der Waals surface area contributed by atoms with Gasteiger partial charge in [0, 0.05) is 19.5 Å². The number of ether oxygens (including phenoxy) is 1. The molecule has 1 aromatic rings. The normalized spacial score (nSPS) is 18.4. The summed E-state index contributed by atoms with van der Waals surface area (Å²) in [6, 6.07) is 6.72. The molecule has 0 radical (unpaired) electrons. The van der Waals surface area contributed by atoms with Crippen molar-refractivity contribution in [1.29, 1.82) is 0 Å². The van der Waals surface area contributed by atoms with E-state index >= 15 is 0 Å². The molecule has 1 amide bonds. The zero-order valence-electron chi connectivity index (χ0n) is 15.7. The van der Waals surface area contributed by atoms with Crippen LogP contribution in [0.3, 0.4) is 0 Å². The lowest BCUT2D eigenvalue weighted by atomic mass is 9.98. The molecule has 0 aliphatic carbocycles. The van der Waals surface area contributed by atoms with Crippen LogP contribution in [0.1, 0.15) is 43.2 Å². The largest absolute Gasteiger partial charge is 0.491 e. The molecule has 1 heterocycles. The summed E-state index contributed by atoms with van der Waals surface area (Å²) in [7, 11) is 4.05. The van der Waals surface area contributed by atoms with Gasteiger partial charge in [0.25, 0.3) is 0 Å². The molecule has 0 spiro atoms. The van der Waals surface area contributed by atoms with Crippen LogP contribution in [0.2, 0.25) is 0 Å². The monoisotopic (exact) mass is 332 g/mol. The molecule has 0 saturated carbocycles. The van der Waals surface area contributed by atoms with Crippen LogP contribution < -0.4 is 4.74 Å². The molecule has 134 valence electrons. The Kier molecular flexibility index (Phi) is 7.10. The average Bonchev–Trinajstić information content (AvgIpc) is 2.56. The molecule has 0 aromatic heterocycles. The second-order valence-corrected chi connectivity index (χ2v) is 7.05. The van der Waals surface area contributed by atoms with E-state index in [9.17, 15) is 4.79 Å². The number of para-hydroxylation sites is 1. The fraction of sp³-hybridized carbons (Fsp3) is 0.650. The second kappa shape index (κ2) is 9.07. The Morgan fingerprint density at radius 2 is 2.00 bits per heavy atom. The Balaban J connectivity index is 1.71. The number of rotatable bonds is 7. The van der Waals surface area contributed by atoms with E-state index in [2.05, 4.69) is 37.9 Å². The summed E-state index contributed by atoms with van der Waals surface area (Å²) in [5, 5.41) is 0. The third-order valence-electron chi connectivity index (χ3n) is 5.12. The Morgan fingerprint density at radius 1 is 1.29 bits per heavy atom. The molecule has 0 N–H and O–H groups in total. The minimum Gasteiger partial charge on any atom is -0.491 e. The third-order valence-corrected chi connectivity index (χ3v) is 5.12. The first-order valence-electron chi connectivity index (χ1n) is 9.12. The molecule has 1 aliphatic rings. The van der Waals surface area contributed by atoms with Crippen molar-refractivity contribution in [3.05, 3.63) is 29.3 Å². The highest BCUT2D eigenvalue weighted by atomic mass is 16.5. The first-order valence-corrected chi connectivity index (χ1v) is 9.12. The van der Waals surface area contributed by atoms with Gasteiger partial charge in [-0.3, -0.25) is 4.79 Å². The van der Waals surface area contributed by atoms with Crippen LogP contribution in [-0.4, -0.2) is 55.5 Å². The highest BCUT2D eigenvalue weighted by Gasteiger charge is 2.20. The predicted molar refractivity (Wildman–Crippen MR) is 98.6 cm³/mol. The zero-order chi connectivity index (χ0) is 17.5. The quantitative estimate of drug-likeness (QED) is 0.767. The van der Waals surface area contributed by atoms with Crippen LogP contribution in [0.15, 0.2) is 18.2 Å². The van der Waals surface area contributed by atoms with Gasteiger partial charge in [0.05, 0.1) is 6.54 Å². The van der Waals surface area contributed by atoms with Crippen LogP contribution in [-0.2, 0) is 4.79 Å². The number of likely N-dealkylation sites (N-methyl/N-ethyl adjacent to an activating group) is 1. The number of piperidine rings is 1. The number of carbonyl (C=O) groups is 1. The van der Waals surface area contributed by atoms with Crippen molar-refractivity contribution in [2.24, 2.45) is 0 Å². The summed E-state index contributed by atoms with van der Waals surface area (Å²) >= 11 is 0. The summed E-state index contributed by atoms with van der Waals surface area (Å²) < 4.78 is 5.90. The third kappa shape index (κ3) is 5.23. The highest BCUT2D eigenvalue weighted by Crippen LogP contribution is 2.22. The van der Waals surface area contributed by atoms with Crippen LogP contribution in [0.5, 0.6) is 5.75 Å². The van der Waals surface area contributed by atoms with Gasteiger partial charge < -0.3 is 14.5 Å². The molecule has 4 heteroatoms. The lowest BCUT2D eigenvalue weighted by molar-refractivity contribution is -0.130. The molecule has 1 aliphatic heterocycles. The maximum Gasteiger partial charge on any atom is 0.222 e. The lowest BCUT2D eigenvalue weighted by Crippen LogP contribution is -2.38. The molecule has 4 nitrogen and oxygen atoms in total. The van der Waals surface area contributed by atoms with E-state index in [1.807, 2.05) is 13.1 Å². The number of nitrogens with zero attached hydrogens (tertiary/aromatic N) is 2. The molecule has 1 atom stereocenters. The van der Waals surface area contributed by atoms with Crippen molar-refractivity contribution in [2.45, 2.75) is 52.0 Å². The number of hydrogen-bond donors (Lipinski definition) is 0. The van der Waals surface area contributed by atoms with Crippen LogP contribution in [0, 0.1) is 13.8 Å². The number of likely N-dealkylation sites (tertiary alicyclic amines) is 1. The van der Waals surface area contributed by atoms with E-state index in [0.717, 1.165) is 29.8 Å². The van der Waals surface area contributed by atoms with Crippen molar-refractivity contribution in [3.8, 4) is 5.75 Å². The Hall–Kier alpha value is -1.55. The molecular formula is C20H32N2O2. The van der Waals surface area contributed by atoms with Crippen molar-refractivity contribution in [3.63, 3.8) is 0 Å². The van der Waals surface area contributed by atoms with Gasteiger partial charge in [0.1, 0.15) is 12.4 Å². The molecule has 1 aromatic carbocycles. The number of amides is 1. The minimum atomic E-state index is 0.221. The smallest absolute Gasteiger partial charge is 0.222 e. The first-order chi connectivity index (χ1) is 11.5. The molecule has 24 heavy (non-hydrogen) atoms. The summed E-state index contributed by atoms with van der Waals surface area (Å²) in [6.45, 7) is 6.44. The van der Waals surface area contributed by atoms with Crippen molar-refractivity contribution in [2.75, 3.05) is 33.8 Å². The Bertz CT molecular complexity index is 524. The number of aryl methyl sites for hydroxylation is 2. The average molecular weight is 332 g/mol. The van der Waals surface area contributed by atoms with E-state index in [-0.39, 0.29) is 5.91 Å². The SMILES string of the molecule is Cc1cccc(C)c1OCCN(C)C(=O)CCC1CCCCN1C.